The van der Waals surface area contributed by atoms with E-state index in [1.54, 1.807) is 24.3 Å². The predicted octanol–water partition coefficient (Wildman–Crippen LogP) is 4.98. The Labute approximate surface area is 177 Å². The van der Waals surface area contributed by atoms with Crippen molar-refractivity contribution in [1.82, 2.24) is 0 Å². The van der Waals surface area contributed by atoms with E-state index in [9.17, 15) is 20.2 Å². The zero-order chi connectivity index (χ0) is 21.7. The van der Waals surface area contributed by atoms with E-state index >= 15 is 0 Å². The molecule has 1 N–H and O–H groups in total. The van der Waals surface area contributed by atoms with Crippen molar-refractivity contribution in [3.05, 3.63) is 103 Å². The summed E-state index contributed by atoms with van der Waals surface area (Å²) in [7, 11) is 1.41. The van der Waals surface area contributed by atoms with Crippen molar-refractivity contribution >= 4 is 17.1 Å². The fourth-order valence-electron chi connectivity index (χ4n) is 5.04. The molecule has 0 unspecified atom stereocenters. The Morgan fingerprint density at radius 1 is 0.968 bits per heavy atom. The van der Waals surface area contributed by atoms with E-state index in [4.69, 9.17) is 4.74 Å². The highest BCUT2D eigenvalue weighted by atomic mass is 16.6. The molecule has 1 heterocycles. The lowest BCUT2D eigenvalue weighted by Gasteiger charge is -2.37. The number of anilines is 1. The second-order valence-electron chi connectivity index (χ2n) is 7.88. The van der Waals surface area contributed by atoms with E-state index in [0.29, 0.717) is 0 Å². The summed E-state index contributed by atoms with van der Waals surface area (Å²) < 4.78 is 5.15. The second-order valence-corrected chi connectivity index (χ2v) is 7.88. The predicted molar refractivity (Wildman–Crippen MR) is 115 cm³/mol. The number of nitrogens with one attached hydrogen (secondary N) is 1. The minimum atomic E-state index is -0.441. The van der Waals surface area contributed by atoms with Crippen LogP contribution in [0.2, 0.25) is 0 Å². The molecule has 0 saturated carbocycles. The standard InChI is InChI=1S/C23H19N3O5/c1-31-21-9-6-14(11-20(21)26(29)30)23-18-10-13-4-2-3-5-16(13)22(18)17-12-15(25(27)28)7-8-19(17)24-23/h2-9,11-12,18,22-24H,10H2,1H3/t18-,22-,23-/m0/s1. The number of benzene rings is 3. The van der Waals surface area contributed by atoms with Crippen molar-refractivity contribution in [3.8, 4) is 5.75 Å². The maximum atomic E-state index is 11.6. The summed E-state index contributed by atoms with van der Waals surface area (Å²) in [6.45, 7) is 0. The zero-order valence-electron chi connectivity index (χ0n) is 16.6. The quantitative estimate of drug-likeness (QED) is 0.474. The van der Waals surface area contributed by atoms with Gasteiger partial charge in [0.25, 0.3) is 5.69 Å². The maximum Gasteiger partial charge on any atom is 0.311 e. The van der Waals surface area contributed by atoms with Crippen molar-refractivity contribution in [2.24, 2.45) is 5.92 Å². The molecule has 5 rings (SSSR count). The van der Waals surface area contributed by atoms with Gasteiger partial charge in [0.1, 0.15) is 0 Å². The van der Waals surface area contributed by atoms with E-state index in [1.165, 1.54) is 18.7 Å². The molecule has 0 radical (unpaired) electrons. The molecule has 156 valence electrons. The summed E-state index contributed by atoms with van der Waals surface area (Å²) in [5.41, 5.74) is 4.83. The number of hydrogen-bond donors (Lipinski definition) is 1. The number of methoxy groups -OCH3 is 1. The summed E-state index contributed by atoms with van der Waals surface area (Å²) in [4.78, 5) is 22.1. The highest BCUT2D eigenvalue weighted by Crippen LogP contribution is 2.54. The summed E-state index contributed by atoms with van der Waals surface area (Å²) in [6, 6.07) is 17.8. The van der Waals surface area contributed by atoms with Gasteiger partial charge >= 0.3 is 5.69 Å². The molecule has 2 aliphatic rings. The van der Waals surface area contributed by atoms with Gasteiger partial charge < -0.3 is 10.1 Å². The Hall–Kier alpha value is -3.94. The maximum absolute atomic E-state index is 11.6. The van der Waals surface area contributed by atoms with Crippen LogP contribution < -0.4 is 10.1 Å². The van der Waals surface area contributed by atoms with Crippen LogP contribution in [0.3, 0.4) is 0 Å². The number of fused-ring (bicyclic) bond motifs is 5. The van der Waals surface area contributed by atoms with E-state index in [1.807, 2.05) is 18.2 Å². The first-order valence-electron chi connectivity index (χ1n) is 9.93. The molecule has 8 heteroatoms. The van der Waals surface area contributed by atoms with Crippen LogP contribution in [0.5, 0.6) is 5.75 Å². The third kappa shape index (κ3) is 2.99. The number of nitrogens with zero attached hydrogens (tertiary/aromatic N) is 2. The lowest BCUT2D eigenvalue weighted by atomic mass is 9.75. The Bertz CT molecular complexity index is 1230. The van der Waals surface area contributed by atoms with Crippen LogP contribution in [0.25, 0.3) is 0 Å². The fourth-order valence-corrected chi connectivity index (χ4v) is 5.04. The van der Waals surface area contributed by atoms with Crippen molar-refractivity contribution in [1.29, 1.82) is 0 Å². The number of rotatable bonds is 4. The summed E-state index contributed by atoms with van der Waals surface area (Å²) in [5.74, 6) is 0.255. The number of hydrogen-bond acceptors (Lipinski definition) is 6. The summed E-state index contributed by atoms with van der Waals surface area (Å²) in [5, 5.41) is 26.4. The molecule has 3 aromatic carbocycles. The molecule has 0 saturated heterocycles. The van der Waals surface area contributed by atoms with E-state index < -0.39 is 4.92 Å². The third-order valence-electron chi connectivity index (χ3n) is 6.35. The second kappa shape index (κ2) is 7.09. The van der Waals surface area contributed by atoms with Gasteiger partial charge in [0.15, 0.2) is 5.75 Å². The van der Waals surface area contributed by atoms with Crippen LogP contribution in [0.1, 0.15) is 34.2 Å². The van der Waals surface area contributed by atoms with Gasteiger partial charge in [-0.1, -0.05) is 30.3 Å². The highest BCUT2D eigenvalue weighted by molar-refractivity contribution is 5.66. The molecule has 1 aliphatic heterocycles. The molecule has 0 bridgehead atoms. The molecule has 3 aromatic rings. The van der Waals surface area contributed by atoms with Crippen molar-refractivity contribution in [2.75, 3.05) is 12.4 Å². The van der Waals surface area contributed by atoms with Gasteiger partial charge in [-0.3, -0.25) is 20.2 Å². The Kier molecular flexibility index (Phi) is 4.35. The number of nitro groups is 2. The molecular weight excluding hydrogens is 398 g/mol. The summed E-state index contributed by atoms with van der Waals surface area (Å²) in [6.07, 6.45) is 0.778. The largest absolute Gasteiger partial charge is 0.490 e. The fraction of sp³-hybridized carbons (Fsp3) is 0.217. The van der Waals surface area contributed by atoms with Crippen LogP contribution >= 0.6 is 0 Å². The Balaban J connectivity index is 1.66. The number of ether oxygens (including phenoxy) is 1. The smallest absolute Gasteiger partial charge is 0.311 e. The van der Waals surface area contributed by atoms with Crippen LogP contribution in [-0.2, 0) is 6.42 Å². The van der Waals surface area contributed by atoms with E-state index in [-0.39, 0.29) is 39.9 Å². The van der Waals surface area contributed by atoms with E-state index in [2.05, 4.69) is 17.4 Å². The molecule has 0 fully saturated rings. The van der Waals surface area contributed by atoms with Gasteiger partial charge in [0.2, 0.25) is 0 Å². The Morgan fingerprint density at radius 3 is 2.52 bits per heavy atom. The molecular formula is C23H19N3O5. The van der Waals surface area contributed by atoms with Gasteiger partial charge in [-0.2, -0.15) is 0 Å². The van der Waals surface area contributed by atoms with Crippen molar-refractivity contribution in [2.45, 2.75) is 18.4 Å². The van der Waals surface area contributed by atoms with Gasteiger partial charge in [0, 0.05) is 29.8 Å². The third-order valence-corrected chi connectivity index (χ3v) is 6.35. The average Bonchev–Trinajstić information content (AvgIpc) is 3.17. The molecule has 31 heavy (non-hydrogen) atoms. The monoisotopic (exact) mass is 417 g/mol. The molecule has 3 atom stereocenters. The minimum Gasteiger partial charge on any atom is -0.490 e. The van der Waals surface area contributed by atoms with Crippen LogP contribution in [0.4, 0.5) is 17.1 Å². The van der Waals surface area contributed by atoms with Crippen molar-refractivity contribution in [3.63, 3.8) is 0 Å². The highest BCUT2D eigenvalue weighted by Gasteiger charge is 2.44. The number of nitro benzene ring substituents is 2. The first-order chi connectivity index (χ1) is 15.0. The molecule has 0 aromatic heterocycles. The normalized spacial score (nSPS) is 20.7. The van der Waals surface area contributed by atoms with Gasteiger partial charge in [-0.05, 0) is 46.7 Å². The van der Waals surface area contributed by atoms with Crippen LogP contribution in [0, 0.1) is 26.1 Å². The molecule has 8 nitrogen and oxygen atoms in total. The topological polar surface area (TPSA) is 108 Å². The molecule has 0 amide bonds. The Morgan fingerprint density at radius 2 is 1.77 bits per heavy atom. The van der Waals surface area contributed by atoms with Crippen LogP contribution in [0.15, 0.2) is 60.7 Å². The van der Waals surface area contributed by atoms with Crippen molar-refractivity contribution < 1.29 is 14.6 Å². The van der Waals surface area contributed by atoms with E-state index in [0.717, 1.165) is 28.8 Å². The lowest BCUT2D eigenvalue weighted by molar-refractivity contribution is -0.385. The summed E-state index contributed by atoms with van der Waals surface area (Å²) >= 11 is 0. The van der Waals surface area contributed by atoms with Crippen LogP contribution in [-0.4, -0.2) is 17.0 Å². The lowest BCUT2D eigenvalue weighted by Crippen LogP contribution is -2.30. The first-order valence-corrected chi connectivity index (χ1v) is 9.93. The number of non-ortho nitro benzene ring substituents is 1. The van der Waals surface area contributed by atoms with Gasteiger partial charge in [-0.15, -0.1) is 0 Å². The molecule has 0 spiro atoms. The molecule has 1 aliphatic carbocycles. The zero-order valence-corrected chi connectivity index (χ0v) is 16.6. The minimum absolute atomic E-state index is 0.0292. The van der Waals surface area contributed by atoms with Gasteiger partial charge in [-0.25, -0.2) is 0 Å². The van der Waals surface area contributed by atoms with Gasteiger partial charge in [0.05, 0.1) is 23.0 Å². The SMILES string of the molecule is COc1ccc([C@@H]2Nc3ccc([N+](=O)[O-])cc3[C@@H]3c4ccccc4C[C@@H]32)cc1[N+](=O)[O-]. The first kappa shape index (κ1) is 19.0. The average molecular weight is 417 g/mol.